The Hall–Kier alpha value is -4.34. The summed E-state index contributed by atoms with van der Waals surface area (Å²) in [6.45, 7) is 4.25. The van der Waals surface area contributed by atoms with Gasteiger partial charge in [0.1, 0.15) is 0 Å². The maximum Gasteiger partial charge on any atom is 0.417 e. The first-order valence-electron chi connectivity index (χ1n) is 14.8. The lowest BCUT2D eigenvalue weighted by Crippen LogP contribution is -2.46. The van der Waals surface area contributed by atoms with E-state index in [-0.39, 0.29) is 46.6 Å². The second-order valence-electron chi connectivity index (χ2n) is 12.0. The molecule has 240 valence electrons. The van der Waals surface area contributed by atoms with Crippen LogP contribution in [0.2, 0.25) is 0 Å². The fraction of sp³-hybridized carbons (Fsp3) is 0.243. The Labute approximate surface area is 263 Å². The number of hydrogen-bond donors (Lipinski definition) is 3. The average molecular weight is 637 g/mol. The lowest BCUT2D eigenvalue weighted by atomic mass is 9.92. The largest absolute Gasteiger partial charge is 0.417 e. The van der Waals surface area contributed by atoms with E-state index in [1.165, 1.54) is 54.6 Å². The summed E-state index contributed by atoms with van der Waals surface area (Å²) in [5.41, 5.74) is -0.922. The second-order valence-corrected chi connectivity index (χ2v) is 12.0. The predicted molar refractivity (Wildman–Crippen MR) is 172 cm³/mol. The molecule has 0 aromatic heterocycles. The van der Waals surface area contributed by atoms with Gasteiger partial charge >= 0.3 is 12.4 Å². The SMILES string of the molecule is CC(C)(Cc1ccc2ccccc2c1)NCC(O)CNc1cc(-c2ccccc2C(F)(F)F)cc(-c2ccccc2C(F)(F)F)c1. The number of anilines is 1. The van der Waals surface area contributed by atoms with Crippen LogP contribution in [0.1, 0.15) is 30.5 Å². The van der Waals surface area contributed by atoms with Crippen LogP contribution in [-0.4, -0.2) is 29.8 Å². The molecule has 1 atom stereocenters. The van der Waals surface area contributed by atoms with Crippen molar-refractivity contribution in [2.45, 2.75) is 44.3 Å². The molecular weight excluding hydrogens is 602 g/mol. The van der Waals surface area contributed by atoms with Gasteiger partial charge in [-0.25, -0.2) is 0 Å². The topological polar surface area (TPSA) is 44.3 Å². The van der Waals surface area contributed by atoms with Gasteiger partial charge < -0.3 is 15.7 Å². The van der Waals surface area contributed by atoms with Crippen molar-refractivity contribution in [3.05, 3.63) is 126 Å². The van der Waals surface area contributed by atoms with E-state index < -0.39 is 29.6 Å². The minimum absolute atomic E-state index is 0.00375. The third kappa shape index (κ3) is 8.08. The molecule has 3 nitrogen and oxygen atoms in total. The third-order valence-corrected chi connectivity index (χ3v) is 7.84. The van der Waals surface area contributed by atoms with Gasteiger partial charge in [0.15, 0.2) is 0 Å². The zero-order valence-electron chi connectivity index (χ0n) is 25.3. The molecule has 0 saturated heterocycles. The van der Waals surface area contributed by atoms with Gasteiger partial charge in [0.25, 0.3) is 0 Å². The van der Waals surface area contributed by atoms with Crippen LogP contribution in [0.15, 0.2) is 109 Å². The smallest absolute Gasteiger partial charge is 0.390 e. The maximum atomic E-state index is 13.9. The van der Waals surface area contributed by atoms with E-state index in [9.17, 15) is 31.4 Å². The number of rotatable bonds is 10. The standard InChI is InChI=1S/C37H34F6N2O/c1-35(2,21-24-15-16-25-9-3-4-10-26(25)17-24)45-23-30(46)22-44-29-19-27(31-11-5-7-13-33(31)36(38,39)40)18-28(20-29)32-12-6-8-14-34(32)37(41,42)43/h3-20,30,44-46H,21-23H2,1-2H3. The summed E-state index contributed by atoms with van der Waals surface area (Å²) in [4.78, 5) is 0. The van der Waals surface area contributed by atoms with Crippen molar-refractivity contribution in [2.75, 3.05) is 18.4 Å². The normalized spacial score (nSPS) is 13.2. The fourth-order valence-corrected chi connectivity index (χ4v) is 5.63. The summed E-state index contributed by atoms with van der Waals surface area (Å²) < 4.78 is 83.5. The van der Waals surface area contributed by atoms with Crippen molar-refractivity contribution in [3.63, 3.8) is 0 Å². The molecule has 0 aliphatic rings. The molecule has 46 heavy (non-hydrogen) atoms. The summed E-state index contributed by atoms with van der Waals surface area (Å²) in [5, 5.41) is 19.5. The van der Waals surface area contributed by atoms with Crippen LogP contribution < -0.4 is 10.6 Å². The Kier molecular flexibility index (Phi) is 9.47. The van der Waals surface area contributed by atoms with Crippen LogP contribution in [0.5, 0.6) is 0 Å². The highest BCUT2D eigenvalue weighted by molar-refractivity contribution is 5.83. The minimum Gasteiger partial charge on any atom is -0.390 e. The van der Waals surface area contributed by atoms with E-state index in [1.54, 1.807) is 0 Å². The van der Waals surface area contributed by atoms with Gasteiger partial charge in [-0.1, -0.05) is 78.9 Å². The summed E-state index contributed by atoms with van der Waals surface area (Å²) in [7, 11) is 0. The highest BCUT2D eigenvalue weighted by atomic mass is 19.4. The molecule has 9 heteroatoms. The van der Waals surface area contributed by atoms with E-state index in [0.29, 0.717) is 6.42 Å². The van der Waals surface area contributed by atoms with Crippen molar-refractivity contribution in [1.82, 2.24) is 5.32 Å². The first kappa shape index (κ1) is 33.0. The van der Waals surface area contributed by atoms with Gasteiger partial charge in [-0.05, 0) is 89.2 Å². The first-order valence-corrected chi connectivity index (χ1v) is 14.8. The Morgan fingerprint density at radius 2 is 1.13 bits per heavy atom. The highest BCUT2D eigenvalue weighted by Gasteiger charge is 2.35. The zero-order chi connectivity index (χ0) is 33.1. The molecule has 0 heterocycles. The van der Waals surface area contributed by atoms with Crippen molar-refractivity contribution in [1.29, 1.82) is 0 Å². The Bertz CT molecular complexity index is 1740. The molecule has 5 rings (SSSR count). The van der Waals surface area contributed by atoms with Gasteiger partial charge in [-0.2, -0.15) is 26.3 Å². The minimum atomic E-state index is -4.68. The number of nitrogens with one attached hydrogen (secondary N) is 2. The van der Waals surface area contributed by atoms with E-state index in [0.717, 1.165) is 28.5 Å². The van der Waals surface area contributed by atoms with Crippen LogP contribution in [0.25, 0.3) is 33.0 Å². The van der Waals surface area contributed by atoms with Crippen molar-refractivity contribution >= 4 is 16.5 Å². The molecule has 3 N–H and O–H groups in total. The van der Waals surface area contributed by atoms with Gasteiger partial charge in [0, 0.05) is 24.3 Å². The molecule has 1 unspecified atom stereocenters. The average Bonchev–Trinajstić information content (AvgIpc) is 3.01. The molecule has 0 bridgehead atoms. The number of aliphatic hydroxyl groups excluding tert-OH is 1. The number of alkyl halides is 6. The first-order chi connectivity index (χ1) is 21.7. The molecular formula is C37H34F6N2O. The molecule has 0 fully saturated rings. The molecule has 0 aliphatic carbocycles. The third-order valence-electron chi connectivity index (χ3n) is 7.84. The molecule has 0 aliphatic heterocycles. The van der Waals surface area contributed by atoms with Crippen LogP contribution in [0.3, 0.4) is 0 Å². The summed E-state index contributed by atoms with van der Waals surface area (Å²) in [6, 6.07) is 28.5. The number of hydrogen-bond acceptors (Lipinski definition) is 3. The van der Waals surface area contributed by atoms with Crippen molar-refractivity contribution in [3.8, 4) is 22.3 Å². The Balaban J connectivity index is 1.36. The number of aliphatic hydroxyl groups is 1. The summed E-state index contributed by atoms with van der Waals surface area (Å²) in [6.07, 6.45) is -9.56. The van der Waals surface area contributed by atoms with Gasteiger partial charge in [-0.3, -0.25) is 0 Å². The lowest BCUT2D eigenvalue weighted by molar-refractivity contribution is -0.137. The Morgan fingerprint density at radius 1 is 0.609 bits per heavy atom. The number of β-amino-alcohol motifs (C(OH)–C–C–N with tert-alkyl or cyclic N) is 1. The zero-order valence-corrected chi connectivity index (χ0v) is 25.3. The molecule has 0 amide bonds. The highest BCUT2D eigenvalue weighted by Crippen LogP contribution is 2.42. The fourth-order valence-electron chi connectivity index (χ4n) is 5.63. The van der Waals surface area contributed by atoms with Crippen LogP contribution >= 0.6 is 0 Å². The summed E-state index contributed by atoms with van der Waals surface area (Å²) in [5.74, 6) is 0. The van der Waals surface area contributed by atoms with E-state index >= 15 is 0 Å². The van der Waals surface area contributed by atoms with Gasteiger partial charge in [0.05, 0.1) is 17.2 Å². The van der Waals surface area contributed by atoms with Crippen LogP contribution in [0, 0.1) is 0 Å². The quantitative estimate of drug-likeness (QED) is 0.134. The molecule has 5 aromatic carbocycles. The van der Waals surface area contributed by atoms with E-state index in [2.05, 4.69) is 41.0 Å². The van der Waals surface area contributed by atoms with Crippen molar-refractivity contribution < 1.29 is 31.4 Å². The maximum absolute atomic E-state index is 13.9. The molecule has 0 radical (unpaired) electrons. The molecule has 5 aromatic rings. The van der Waals surface area contributed by atoms with Crippen molar-refractivity contribution in [2.24, 2.45) is 0 Å². The van der Waals surface area contributed by atoms with Crippen LogP contribution in [-0.2, 0) is 18.8 Å². The van der Waals surface area contributed by atoms with Gasteiger partial charge in [-0.15, -0.1) is 0 Å². The number of benzene rings is 5. The van der Waals surface area contributed by atoms with Crippen LogP contribution in [0.4, 0.5) is 32.0 Å². The summed E-state index contributed by atoms with van der Waals surface area (Å²) >= 11 is 0. The number of halogens is 6. The monoisotopic (exact) mass is 636 g/mol. The lowest BCUT2D eigenvalue weighted by Gasteiger charge is -2.28. The molecule has 0 saturated carbocycles. The van der Waals surface area contributed by atoms with E-state index in [1.807, 2.05) is 26.0 Å². The van der Waals surface area contributed by atoms with Gasteiger partial charge in [0.2, 0.25) is 0 Å². The predicted octanol–water partition coefficient (Wildman–Crippen LogP) is 9.60. The number of fused-ring (bicyclic) bond motifs is 1. The Morgan fingerprint density at radius 3 is 1.70 bits per heavy atom. The van der Waals surface area contributed by atoms with E-state index in [4.69, 9.17) is 0 Å². The second kappa shape index (κ2) is 13.2. The molecule has 0 spiro atoms.